The van der Waals surface area contributed by atoms with Gasteiger partial charge in [0.1, 0.15) is 0 Å². The van der Waals surface area contributed by atoms with Crippen molar-refractivity contribution in [3.63, 3.8) is 0 Å². The molecule has 2 aromatic heterocycles. The predicted molar refractivity (Wildman–Crippen MR) is 137 cm³/mol. The van der Waals surface area contributed by atoms with Crippen molar-refractivity contribution in [1.29, 1.82) is 0 Å². The van der Waals surface area contributed by atoms with Crippen molar-refractivity contribution < 1.29 is 4.79 Å². The van der Waals surface area contributed by atoms with E-state index in [1.54, 1.807) is 18.3 Å². The Morgan fingerprint density at radius 2 is 1.88 bits per heavy atom. The van der Waals surface area contributed by atoms with Crippen molar-refractivity contribution in [3.8, 4) is 0 Å². The van der Waals surface area contributed by atoms with Crippen molar-refractivity contribution in [2.75, 3.05) is 18.0 Å². The van der Waals surface area contributed by atoms with Gasteiger partial charge in [0.15, 0.2) is 0 Å². The molecule has 0 radical (unpaired) electrons. The van der Waals surface area contributed by atoms with E-state index < -0.39 is 5.91 Å². The SMILES string of the molecule is Cc1ccncc1CN(c1ccccc1)C1CCN([C@H](C)CCc2ncccc2C(N)=O)CC1. The fourth-order valence-corrected chi connectivity index (χ4v) is 4.92. The van der Waals surface area contributed by atoms with Crippen LogP contribution < -0.4 is 10.6 Å². The first-order valence-corrected chi connectivity index (χ1v) is 12.2. The summed E-state index contributed by atoms with van der Waals surface area (Å²) >= 11 is 0. The lowest BCUT2D eigenvalue weighted by atomic mass is 9.98. The first-order valence-electron chi connectivity index (χ1n) is 12.2. The zero-order valence-corrected chi connectivity index (χ0v) is 20.2. The van der Waals surface area contributed by atoms with Crippen LogP contribution in [0.5, 0.6) is 0 Å². The Morgan fingerprint density at radius 3 is 2.59 bits per heavy atom. The van der Waals surface area contributed by atoms with Crippen LogP contribution in [-0.4, -0.2) is 45.9 Å². The van der Waals surface area contributed by atoms with Gasteiger partial charge in [0, 0.05) is 56.0 Å². The van der Waals surface area contributed by atoms with Gasteiger partial charge < -0.3 is 15.5 Å². The number of aromatic nitrogens is 2. The van der Waals surface area contributed by atoms with Crippen LogP contribution in [0.3, 0.4) is 0 Å². The highest BCUT2D eigenvalue weighted by molar-refractivity contribution is 5.93. The summed E-state index contributed by atoms with van der Waals surface area (Å²) in [6.07, 6.45) is 9.56. The Hall–Kier alpha value is -3.25. The Bertz CT molecular complexity index is 1080. The van der Waals surface area contributed by atoms with Gasteiger partial charge in [-0.3, -0.25) is 14.8 Å². The van der Waals surface area contributed by atoms with Crippen LogP contribution in [0.15, 0.2) is 67.1 Å². The average Bonchev–Trinajstić information content (AvgIpc) is 2.87. The van der Waals surface area contributed by atoms with Gasteiger partial charge in [-0.25, -0.2) is 0 Å². The van der Waals surface area contributed by atoms with E-state index >= 15 is 0 Å². The first-order chi connectivity index (χ1) is 16.5. The van der Waals surface area contributed by atoms with Gasteiger partial charge in [0.25, 0.3) is 5.91 Å². The number of aryl methyl sites for hydroxylation is 2. The molecule has 0 unspecified atom stereocenters. The molecule has 1 aliphatic rings. The summed E-state index contributed by atoms with van der Waals surface area (Å²) in [6.45, 7) is 7.44. The van der Waals surface area contributed by atoms with E-state index in [2.05, 4.69) is 70.0 Å². The van der Waals surface area contributed by atoms with Gasteiger partial charge in [0.2, 0.25) is 0 Å². The molecule has 0 saturated carbocycles. The summed E-state index contributed by atoms with van der Waals surface area (Å²) in [6, 6.07) is 17.3. The molecule has 0 spiro atoms. The van der Waals surface area contributed by atoms with Crippen molar-refractivity contribution in [2.45, 2.75) is 58.2 Å². The number of amides is 1. The maximum Gasteiger partial charge on any atom is 0.250 e. The maximum atomic E-state index is 11.7. The number of piperidine rings is 1. The molecule has 1 aliphatic heterocycles. The fraction of sp³-hybridized carbons (Fsp3) is 0.393. The smallest absolute Gasteiger partial charge is 0.250 e. The van der Waals surface area contributed by atoms with Gasteiger partial charge >= 0.3 is 0 Å². The molecule has 3 aromatic rings. The predicted octanol–water partition coefficient (Wildman–Crippen LogP) is 4.38. The molecule has 1 fully saturated rings. The van der Waals surface area contributed by atoms with Crippen LogP contribution >= 0.6 is 0 Å². The van der Waals surface area contributed by atoms with Gasteiger partial charge in [-0.1, -0.05) is 18.2 Å². The molecule has 1 amide bonds. The number of anilines is 1. The molecular formula is C28H35N5O. The zero-order chi connectivity index (χ0) is 23.9. The number of nitrogens with two attached hydrogens (primary N) is 1. The molecule has 4 rings (SSSR count). The molecule has 34 heavy (non-hydrogen) atoms. The highest BCUT2D eigenvalue weighted by atomic mass is 16.1. The van der Waals surface area contributed by atoms with Crippen LogP contribution in [-0.2, 0) is 13.0 Å². The third-order valence-corrected chi connectivity index (χ3v) is 7.09. The topological polar surface area (TPSA) is 75.3 Å². The van der Waals surface area contributed by atoms with E-state index in [4.69, 9.17) is 5.73 Å². The van der Waals surface area contributed by atoms with E-state index in [0.29, 0.717) is 17.6 Å². The lowest BCUT2D eigenvalue weighted by molar-refractivity contribution is 0.0998. The van der Waals surface area contributed by atoms with Crippen molar-refractivity contribution in [2.24, 2.45) is 5.73 Å². The number of nitrogens with zero attached hydrogens (tertiary/aromatic N) is 4. The van der Waals surface area contributed by atoms with E-state index in [0.717, 1.165) is 51.0 Å². The fourth-order valence-electron chi connectivity index (χ4n) is 4.92. The number of likely N-dealkylation sites (tertiary alicyclic amines) is 1. The summed E-state index contributed by atoms with van der Waals surface area (Å²) in [7, 11) is 0. The summed E-state index contributed by atoms with van der Waals surface area (Å²) < 4.78 is 0. The Balaban J connectivity index is 1.38. The monoisotopic (exact) mass is 457 g/mol. The third-order valence-electron chi connectivity index (χ3n) is 7.09. The highest BCUT2D eigenvalue weighted by Gasteiger charge is 2.27. The number of pyridine rings is 2. The largest absolute Gasteiger partial charge is 0.366 e. The van der Waals surface area contributed by atoms with Gasteiger partial charge in [-0.15, -0.1) is 0 Å². The number of para-hydroxylation sites is 1. The van der Waals surface area contributed by atoms with E-state index in [1.807, 2.05) is 12.4 Å². The first kappa shape index (κ1) is 23.9. The average molecular weight is 458 g/mol. The second kappa shape index (κ2) is 11.3. The molecule has 3 heterocycles. The number of rotatable bonds is 9. The standard InChI is InChI=1S/C28H35N5O/c1-21-12-16-30-19-23(21)20-33(24-7-4-3-5-8-24)25-13-17-32(18-14-25)22(2)10-11-27-26(28(29)34)9-6-15-31-27/h3-9,12,15-16,19,22,25H,10-11,13-14,17-18,20H2,1-2H3,(H2,29,34)/t22-/m1/s1. The number of benzene rings is 1. The lowest BCUT2D eigenvalue weighted by Gasteiger charge is -2.42. The normalized spacial score (nSPS) is 15.7. The van der Waals surface area contributed by atoms with Crippen LogP contribution in [0, 0.1) is 6.92 Å². The molecule has 6 heteroatoms. The molecule has 0 aliphatic carbocycles. The van der Waals surface area contributed by atoms with E-state index in [1.165, 1.54) is 16.8 Å². The molecule has 1 aromatic carbocycles. The van der Waals surface area contributed by atoms with Gasteiger partial charge in [0.05, 0.1) is 11.3 Å². The molecular weight excluding hydrogens is 422 g/mol. The summed E-state index contributed by atoms with van der Waals surface area (Å²) in [5.74, 6) is -0.401. The minimum Gasteiger partial charge on any atom is -0.366 e. The van der Waals surface area contributed by atoms with Crippen LogP contribution in [0.4, 0.5) is 5.69 Å². The second-order valence-electron chi connectivity index (χ2n) is 9.28. The summed E-state index contributed by atoms with van der Waals surface area (Å²) in [5.41, 5.74) is 10.7. The van der Waals surface area contributed by atoms with Crippen LogP contribution in [0.2, 0.25) is 0 Å². The Morgan fingerprint density at radius 1 is 1.12 bits per heavy atom. The number of primary amides is 1. The molecule has 1 saturated heterocycles. The number of hydrogen-bond donors (Lipinski definition) is 1. The molecule has 0 bridgehead atoms. The maximum absolute atomic E-state index is 11.7. The second-order valence-corrected chi connectivity index (χ2v) is 9.28. The summed E-state index contributed by atoms with van der Waals surface area (Å²) in [5, 5.41) is 0. The van der Waals surface area contributed by atoms with Crippen molar-refractivity contribution in [3.05, 3.63) is 89.5 Å². The van der Waals surface area contributed by atoms with Crippen molar-refractivity contribution in [1.82, 2.24) is 14.9 Å². The van der Waals surface area contributed by atoms with Crippen LogP contribution in [0.1, 0.15) is 53.4 Å². The van der Waals surface area contributed by atoms with E-state index in [9.17, 15) is 4.79 Å². The lowest BCUT2D eigenvalue weighted by Crippen LogP contribution is -2.47. The van der Waals surface area contributed by atoms with Gasteiger partial charge in [-0.2, -0.15) is 0 Å². The number of carbonyl (C=O) groups is 1. The number of carbonyl (C=O) groups excluding carboxylic acids is 1. The molecule has 178 valence electrons. The third kappa shape index (κ3) is 5.81. The molecule has 2 N–H and O–H groups in total. The minimum absolute atomic E-state index is 0.401. The van der Waals surface area contributed by atoms with Gasteiger partial charge in [-0.05, 0) is 81.0 Å². The Kier molecular flexibility index (Phi) is 7.91. The zero-order valence-electron chi connectivity index (χ0n) is 20.2. The molecule has 6 nitrogen and oxygen atoms in total. The Labute approximate surface area is 202 Å². The highest BCUT2D eigenvalue weighted by Crippen LogP contribution is 2.27. The quantitative estimate of drug-likeness (QED) is 0.516. The summed E-state index contributed by atoms with van der Waals surface area (Å²) in [4.78, 5) is 25.6. The van der Waals surface area contributed by atoms with E-state index in [-0.39, 0.29) is 0 Å². The molecule has 1 atom stereocenters. The van der Waals surface area contributed by atoms with Crippen LogP contribution in [0.25, 0.3) is 0 Å². The minimum atomic E-state index is -0.401. The van der Waals surface area contributed by atoms with Crippen molar-refractivity contribution >= 4 is 11.6 Å². The number of hydrogen-bond acceptors (Lipinski definition) is 5.